The van der Waals surface area contributed by atoms with Crippen LogP contribution in [0.3, 0.4) is 0 Å². The molecule has 0 saturated carbocycles. The number of rotatable bonds is 7. The number of ether oxygens (including phenoxy) is 1. The molecule has 1 rings (SSSR count). The number of hydrogen-bond acceptors (Lipinski definition) is 3. The Morgan fingerprint density at radius 2 is 2.11 bits per heavy atom. The zero-order valence-corrected chi connectivity index (χ0v) is 11.9. The first-order chi connectivity index (χ1) is 9.13. The second kappa shape index (κ2) is 8.37. The lowest BCUT2D eigenvalue weighted by Crippen LogP contribution is -2.38. The van der Waals surface area contributed by atoms with E-state index < -0.39 is 0 Å². The molecule has 0 aliphatic heterocycles. The number of benzene rings is 1. The molecule has 0 saturated heterocycles. The van der Waals surface area contributed by atoms with E-state index in [1.165, 1.54) is 10.5 Å². The first-order valence-corrected chi connectivity index (χ1v) is 6.51. The molecular formula is C14H23N3O2. The lowest BCUT2D eigenvalue weighted by Gasteiger charge is -2.12. The van der Waals surface area contributed by atoms with Crippen LogP contribution in [0.4, 0.5) is 4.79 Å². The van der Waals surface area contributed by atoms with Crippen LogP contribution in [0, 0.1) is 0 Å². The van der Waals surface area contributed by atoms with Gasteiger partial charge in [0.1, 0.15) is 5.75 Å². The maximum atomic E-state index is 11.3. The van der Waals surface area contributed by atoms with Gasteiger partial charge >= 0.3 is 6.03 Å². The Labute approximate surface area is 114 Å². The second-order valence-corrected chi connectivity index (χ2v) is 4.38. The largest absolute Gasteiger partial charge is 0.494 e. The number of nitrogens with one attached hydrogen (secondary N) is 2. The molecule has 106 valence electrons. The van der Waals surface area contributed by atoms with Crippen LogP contribution in [0.1, 0.15) is 12.5 Å². The summed E-state index contributed by atoms with van der Waals surface area (Å²) in [5.41, 5.74) is 1.17. The highest BCUT2D eigenvalue weighted by Crippen LogP contribution is 2.12. The normalized spacial score (nSPS) is 10.1. The Morgan fingerprint density at radius 3 is 2.79 bits per heavy atom. The SMILES string of the molecule is CCOc1cccc(CNCCNC(=O)N(C)C)c1. The fourth-order valence-electron chi connectivity index (χ4n) is 1.56. The van der Waals surface area contributed by atoms with Gasteiger partial charge in [0.05, 0.1) is 6.61 Å². The topological polar surface area (TPSA) is 53.6 Å². The minimum absolute atomic E-state index is 0.0693. The standard InChI is InChI=1S/C14H23N3O2/c1-4-19-13-7-5-6-12(10-13)11-15-8-9-16-14(18)17(2)3/h5-7,10,15H,4,8-9,11H2,1-3H3,(H,16,18). The van der Waals surface area contributed by atoms with Crippen molar-refractivity contribution < 1.29 is 9.53 Å². The van der Waals surface area contributed by atoms with E-state index in [0.717, 1.165) is 18.8 Å². The summed E-state index contributed by atoms with van der Waals surface area (Å²) in [5, 5.41) is 6.08. The number of carbonyl (C=O) groups excluding carboxylic acids is 1. The number of hydrogen-bond donors (Lipinski definition) is 2. The summed E-state index contributed by atoms with van der Waals surface area (Å²) < 4.78 is 5.44. The maximum absolute atomic E-state index is 11.3. The van der Waals surface area contributed by atoms with Crippen molar-refractivity contribution >= 4 is 6.03 Å². The van der Waals surface area contributed by atoms with Gasteiger partial charge in [0.25, 0.3) is 0 Å². The minimum atomic E-state index is -0.0693. The Hall–Kier alpha value is -1.75. The van der Waals surface area contributed by atoms with Crippen molar-refractivity contribution in [1.29, 1.82) is 0 Å². The molecule has 5 heteroatoms. The molecule has 0 unspecified atom stereocenters. The van der Waals surface area contributed by atoms with E-state index in [0.29, 0.717) is 13.2 Å². The van der Waals surface area contributed by atoms with Crippen molar-refractivity contribution in [1.82, 2.24) is 15.5 Å². The van der Waals surface area contributed by atoms with Gasteiger partial charge in [-0.25, -0.2) is 4.79 Å². The lowest BCUT2D eigenvalue weighted by molar-refractivity contribution is 0.217. The Kier molecular flexibility index (Phi) is 6.74. The van der Waals surface area contributed by atoms with Gasteiger partial charge in [-0.3, -0.25) is 0 Å². The highest BCUT2D eigenvalue weighted by molar-refractivity contribution is 5.73. The Balaban J connectivity index is 2.22. The van der Waals surface area contributed by atoms with Crippen molar-refractivity contribution in [2.75, 3.05) is 33.8 Å². The number of amides is 2. The smallest absolute Gasteiger partial charge is 0.316 e. The average Bonchev–Trinajstić information content (AvgIpc) is 2.39. The van der Waals surface area contributed by atoms with Crippen molar-refractivity contribution in [3.63, 3.8) is 0 Å². The quantitative estimate of drug-likeness (QED) is 0.734. The molecule has 0 heterocycles. The summed E-state index contributed by atoms with van der Waals surface area (Å²) in [6, 6.07) is 7.93. The number of urea groups is 1. The van der Waals surface area contributed by atoms with Gasteiger partial charge in [-0.05, 0) is 24.6 Å². The third-order valence-corrected chi connectivity index (χ3v) is 2.52. The zero-order valence-electron chi connectivity index (χ0n) is 11.9. The van der Waals surface area contributed by atoms with E-state index in [1.54, 1.807) is 14.1 Å². The molecule has 0 aliphatic carbocycles. The first-order valence-electron chi connectivity index (χ1n) is 6.51. The summed E-state index contributed by atoms with van der Waals surface area (Å²) in [4.78, 5) is 12.8. The van der Waals surface area contributed by atoms with Crippen LogP contribution in [0.25, 0.3) is 0 Å². The lowest BCUT2D eigenvalue weighted by atomic mass is 10.2. The van der Waals surface area contributed by atoms with Crippen LogP contribution in [0.5, 0.6) is 5.75 Å². The summed E-state index contributed by atoms with van der Waals surface area (Å²) in [6.45, 7) is 4.76. The number of carbonyl (C=O) groups is 1. The van der Waals surface area contributed by atoms with Crippen LogP contribution in [-0.4, -0.2) is 44.7 Å². The average molecular weight is 265 g/mol. The molecule has 5 nitrogen and oxygen atoms in total. The van der Waals surface area contributed by atoms with Gasteiger partial charge in [-0.15, -0.1) is 0 Å². The van der Waals surface area contributed by atoms with E-state index in [-0.39, 0.29) is 6.03 Å². The molecule has 0 aliphatic rings. The highest BCUT2D eigenvalue weighted by atomic mass is 16.5. The summed E-state index contributed by atoms with van der Waals surface area (Å²) in [7, 11) is 3.45. The summed E-state index contributed by atoms with van der Waals surface area (Å²) in [5.74, 6) is 0.891. The van der Waals surface area contributed by atoms with Crippen molar-refractivity contribution in [3.05, 3.63) is 29.8 Å². The summed E-state index contributed by atoms with van der Waals surface area (Å²) in [6.07, 6.45) is 0. The van der Waals surface area contributed by atoms with Crippen molar-refractivity contribution in [2.45, 2.75) is 13.5 Å². The van der Waals surface area contributed by atoms with Gasteiger partial charge in [-0.1, -0.05) is 12.1 Å². The van der Waals surface area contributed by atoms with Crippen LogP contribution in [-0.2, 0) is 6.54 Å². The van der Waals surface area contributed by atoms with Gasteiger partial charge in [-0.2, -0.15) is 0 Å². The third-order valence-electron chi connectivity index (χ3n) is 2.52. The Bertz CT molecular complexity index is 394. The molecule has 0 spiro atoms. The fraction of sp³-hybridized carbons (Fsp3) is 0.500. The molecule has 0 radical (unpaired) electrons. The van der Waals surface area contributed by atoms with E-state index in [1.807, 2.05) is 31.2 Å². The predicted octanol–water partition coefficient (Wildman–Crippen LogP) is 1.45. The third kappa shape index (κ3) is 6.10. The van der Waals surface area contributed by atoms with E-state index in [2.05, 4.69) is 10.6 Å². The molecule has 2 amide bonds. The fourth-order valence-corrected chi connectivity index (χ4v) is 1.56. The van der Waals surface area contributed by atoms with Crippen molar-refractivity contribution in [2.24, 2.45) is 0 Å². The maximum Gasteiger partial charge on any atom is 0.316 e. The second-order valence-electron chi connectivity index (χ2n) is 4.38. The zero-order chi connectivity index (χ0) is 14.1. The Morgan fingerprint density at radius 1 is 1.32 bits per heavy atom. The molecule has 2 N–H and O–H groups in total. The molecule has 0 fully saturated rings. The monoisotopic (exact) mass is 265 g/mol. The van der Waals surface area contributed by atoms with Gasteiger partial charge in [0.2, 0.25) is 0 Å². The van der Waals surface area contributed by atoms with Gasteiger partial charge < -0.3 is 20.3 Å². The summed E-state index contributed by atoms with van der Waals surface area (Å²) >= 11 is 0. The minimum Gasteiger partial charge on any atom is -0.494 e. The van der Waals surface area contributed by atoms with E-state index in [9.17, 15) is 4.79 Å². The molecule has 0 atom stereocenters. The van der Waals surface area contributed by atoms with Crippen LogP contribution in [0.15, 0.2) is 24.3 Å². The molecular weight excluding hydrogens is 242 g/mol. The van der Waals surface area contributed by atoms with Gasteiger partial charge in [0, 0.05) is 33.7 Å². The first kappa shape index (κ1) is 15.3. The number of nitrogens with zero attached hydrogens (tertiary/aromatic N) is 1. The van der Waals surface area contributed by atoms with E-state index >= 15 is 0 Å². The molecule has 1 aromatic rings. The highest BCUT2D eigenvalue weighted by Gasteiger charge is 2.00. The van der Waals surface area contributed by atoms with Crippen LogP contribution < -0.4 is 15.4 Å². The molecule has 19 heavy (non-hydrogen) atoms. The van der Waals surface area contributed by atoms with Crippen molar-refractivity contribution in [3.8, 4) is 5.75 Å². The van der Waals surface area contributed by atoms with Crippen LogP contribution >= 0.6 is 0 Å². The van der Waals surface area contributed by atoms with E-state index in [4.69, 9.17) is 4.74 Å². The molecule has 1 aromatic carbocycles. The predicted molar refractivity (Wildman–Crippen MR) is 76.4 cm³/mol. The van der Waals surface area contributed by atoms with Gasteiger partial charge in [0.15, 0.2) is 0 Å². The molecule has 0 bridgehead atoms. The molecule has 0 aromatic heterocycles. The van der Waals surface area contributed by atoms with Crippen LogP contribution in [0.2, 0.25) is 0 Å².